The van der Waals surface area contributed by atoms with Gasteiger partial charge in [-0.05, 0) is 98.8 Å². The fourth-order valence-electron chi connectivity index (χ4n) is 9.48. The molecule has 3 heterocycles. The number of aromatic nitrogens is 2. The standard InChI is InChI=1S/C60H64N4O/c1-57(2,3)44-29-30-61-54(36-44)64-52-26-20-19-25-50(52)51-28-27-48(38-53(51)64)65-49-34-43(41-23-17-14-18-24-41)33-47(37-49)63-39-62(55(59(7,8)9)56(63)60(10,11)12)46-32-42(40-21-15-13-16-22-40)31-45(35-46)58(4,5)6/h13-38H,39H2,1-12H3. The molecule has 6 aromatic carbocycles. The van der Waals surface area contributed by atoms with Gasteiger partial charge >= 0.3 is 0 Å². The van der Waals surface area contributed by atoms with Crippen molar-refractivity contribution in [1.82, 2.24) is 9.55 Å². The topological polar surface area (TPSA) is 33.5 Å². The Hall–Kier alpha value is -6.59. The first kappa shape index (κ1) is 43.7. The van der Waals surface area contributed by atoms with E-state index >= 15 is 0 Å². The van der Waals surface area contributed by atoms with Gasteiger partial charge in [0.2, 0.25) is 0 Å². The van der Waals surface area contributed by atoms with Gasteiger partial charge in [0.05, 0.1) is 17.7 Å². The zero-order chi connectivity index (χ0) is 46.1. The number of hydrogen-bond donors (Lipinski definition) is 0. The third kappa shape index (κ3) is 8.57. The van der Waals surface area contributed by atoms with E-state index in [1.165, 1.54) is 44.7 Å². The molecule has 0 saturated heterocycles. The van der Waals surface area contributed by atoms with E-state index in [1.807, 2.05) is 6.20 Å². The third-order valence-electron chi connectivity index (χ3n) is 12.7. The van der Waals surface area contributed by atoms with Gasteiger partial charge < -0.3 is 14.5 Å². The number of para-hydroxylation sites is 1. The molecule has 0 saturated carbocycles. The molecule has 0 fully saturated rings. The molecule has 9 rings (SSSR count). The molecule has 65 heavy (non-hydrogen) atoms. The van der Waals surface area contributed by atoms with Crippen LogP contribution in [-0.2, 0) is 10.8 Å². The minimum atomic E-state index is -0.193. The van der Waals surface area contributed by atoms with Crippen molar-refractivity contribution >= 4 is 33.2 Å². The molecule has 0 N–H and O–H groups in total. The molecule has 0 spiro atoms. The molecule has 5 heteroatoms. The minimum absolute atomic E-state index is 0.0180. The van der Waals surface area contributed by atoms with Gasteiger partial charge in [0.1, 0.15) is 17.3 Å². The fourth-order valence-corrected chi connectivity index (χ4v) is 9.48. The first-order valence-corrected chi connectivity index (χ1v) is 23.1. The second-order valence-electron chi connectivity index (χ2n) is 21.9. The van der Waals surface area contributed by atoms with Crippen LogP contribution in [0.2, 0.25) is 0 Å². The van der Waals surface area contributed by atoms with Crippen molar-refractivity contribution in [1.29, 1.82) is 0 Å². The maximum Gasteiger partial charge on any atom is 0.137 e. The smallest absolute Gasteiger partial charge is 0.137 e. The molecular weight excluding hydrogens is 793 g/mol. The van der Waals surface area contributed by atoms with Gasteiger partial charge in [-0.3, -0.25) is 4.57 Å². The van der Waals surface area contributed by atoms with Crippen molar-refractivity contribution in [3.05, 3.63) is 180 Å². The van der Waals surface area contributed by atoms with Gasteiger partial charge in [0, 0.05) is 62.7 Å². The van der Waals surface area contributed by atoms with E-state index < -0.39 is 0 Å². The number of rotatable bonds is 7. The predicted octanol–water partition coefficient (Wildman–Crippen LogP) is 16.5. The maximum absolute atomic E-state index is 7.07. The molecule has 0 amide bonds. The van der Waals surface area contributed by atoms with Gasteiger partial charge in [0.15, 0.2) is 0 Å². The van der Waals surface area contributed by atoms with Crippen LogP contribution < -0.4 is 14.5 Å². The highest BCUT2D eigenvalue weighted by Gasteiger charge is 2.42. The van der Waals surface area contributed by atoms with Crippen molar-refractivity contribution in [3.8, 4) is 39.6 Å². The number of benzene rings is 6. The number of fused-ring (bicyclic) bond motifs is 3. The van der Waals surface area contributed by atoms with E-state index in [-0.39, 0.29) is 21.7 Å². The largest absolute Gasteiger partial charge is 0.457 e. The Morgan fingerprint density at radius 1 is 0.415 bits per heavy atom. The number of anilines is 2. The first-order valence-electron chi connectivity index (χ1n) is 23.1. The molecule has 2 aromatic heterocycles. The lowest BCUT2D eigenvalue weighted by molar-refractivity contribution is 0.444. The Kier molecular flexibility index (Phi) is 10.8. The number of hydrogen-bond acceptors (Lipinski definition) is 4. The lowest BCUT2D eigenvalue weighted by atomic mass is 9.81. The molecule has 1 aliphatic heterocycles. The molecule has 0 atom stereocenters. The lowest BCUT2D eigenvalue weighted by Crippen LogP contribution is -2.31. The number of nitrogens with zero attached hydrogens (tertiary/aromatic N) is 4. The van der Waals surface area contributed by atoms with Gasteiger partial charge in [-0.25, -0.2) is 4.98 Å². The van der Waals surface area contributed by atoms with Crippen molar-refractivity contribution in [2.24, 2.45) is 10.8 Å². The van der Waals surface area contributed by atoms with E-state index in [4.69, 9.17) is 9.72 Å². The Morgan fingerprint density at radius 3 is 1.54 bits per heavy atom. The highest BCUT2D eigenvalue weighted by Crippen LogP contribution is 2.50. The first-order chi connectivity index (χ1) is 30.7. The monoisotopic (exact) mass is 857 g/mol. The summed E-state index contributed by atoms with van der Waals surface area (Å²) in [6.07, 6.45) is 1.93. The average molecular weight is 857 g/mol. The van der Waals surface area contributed by atoms with E-state index in [0.29, 0.717) is 6.67 Å². The summed E-state index contributed by atoms with van der Waals surface area (Å²) in [6, 6.07) is 54.9. The summed E-state index contributed by atoms with van der Waals surface area (Å²) < 4.78 is 9.35. The van der Waals surface area contributed by atoms with Crippen LogP contribution in [0.1, 0.15) is 94.2 Å². The van der Waals surface area contributed by atoms with Crippen LogP contribution in [0.25, 0.3) is 49.9 Å². The van der Waals surface area contributed by atoms with Crippen molar-refractivity contribution in [2.75, 3.05) is 16.5 Å². The van der Waals surface area contributed by atoms with E-state index in [2.05, 4.69) is 249 Å². The second-order valence-corrected chi connectivity index (χ2v) is 21.9. The molecule has 330 valence electrons. The van der Waals surface area contributed by atoms with Crippen molar-refractivity contribution in [3.63, 3.8) is 0 Å². The number of allylic oxidation sites excluding steroid dienone is 2. The molecule has 0 bridgehead atoms. The Bertz CT molecular complexity index is 3070. The van der Waals surface area contributed by atoms with Crippen LogP contribution in [0, 0.1) is 10.8 Å². The normalized spacial score (nSPS) is 14.0. The van der Waals surface area contributed by atoms with Crippen LogP contribution in [0.3, 0.4) is 0 Å². The molecule has 1 aliphatic rings. The minimum Gasteiger partial charge on any atom is -0.457 e. The van der Waals surface area contributed by atoms with Crippen molar-refractivity contribution in [2.45, 2.75) is 93.9 Å². The summed E-state index contributed by atoms with van der Waals surface area (Å²) in [5.41, 5.74) is 13.9. The Balaban J connectivity index is 1.20. The van der Waals surface area contributed by atoms with Crippen LogP contribution in [0.5, 0.6) is 11.5 Å². The highest BCUT2D eigenvalue weighted by molar-refractivity contribution is 6.09. The van der Waals surface area contributed by atoms with Gasteiger partial charge in [0.25, 0.3) is 0 Å². The molecule has 8 aromatic rings. The summed E-state index contributed by atoms with van der Waals surface area (Å²) >= 11 is 0. The van der Waals surface area contributed by atoms with Crippen LogP contribution in [0.15, 0.2) is 169 Å². The Labute approximate surface area is 387 Å². The quantitative estimate of drug-likeness (QED) is 0.160. The second kappa shape index (κ2) is 16.1. The van der Waals surface area contributed by atoms with Gasteiger partial charge in [-0.1, -0.05) is 168 Å². The zero-order valence-corrected chi connectivity index (χ0v) is 40.4. The van der Waals surface area contributed by atoms with Crippen LogP contribution in [-0.4, -0.2) is 16.2 Å². The predicted molar refractivity (Wildman–Crippen MR) is 276 cm³/mol. The average Bonchev–Trinajstić information content (AvgIpc) is 3.85. The lowest BCUT2D eigenvalue weighted by Gasteiger charge is -2.34. The van der Waals surface area contributed by atoms with E-state index in [1.54, 1.807) is 0 Å². The van der Waals surface area contributed by atoms with Gasteiger partial charge in [-0.2, -0.15) is 0 Å². The summed E-state index contributed by atoms with van der Waals surface area (Å²) in [5, 5.41) is 2.34. The molecule has 0 radical (unpaired) electrons. The highest BCUT2D eigenvalue weighted by atomic mass is 16.5. The molecular formula is C60H64N4O. The maximum atomic E-state index is 7.07. The summed E-state index contributed by atoms with van der Waals surface area (Å²) in [7, 11) is 0. The number of ether oxygens (including phenoxy) is 1. The van der Waals surface area contributed by atoms with Crippen molar-refractivity contribution < 1.29 is 4.74 Å². The SMILES string of the molecule is CC(C)(C)C1=C(C(C)(C)C)N(c2cc(-c3ccccc3)cc(C(C)(C)C)c2)CN1c1cc(Oc2ccc3c4ccccc4n(-c4cc(C(C)(C)C)ccn4)c3c2)cc(-c2ccccc2)c1. The summed E-state index contributed by atoms with van der Waals surface area (Å²) in [5.74, 6) is 2.44. The fraction of sp³-hybridized carbons (Fsp3) is 0.283. The van der Waals surface area contributed by atoms with E-state index in [0.717, 1.165) is 50.6 Å². The number of pyridine rings is 1. The summed E-state index contributed by atoms with van der Waals surface area (Å²) in [6.45, 7) is 28.5. The van der Waals surface area contributed by atoms with Crippen LogP contribution >= 0.6 is 0 Å². The van der Waals surface area contributed by atoms with Gasteiger partial charge in [-0.15, -0.1) is 0 Å². The third-order valence-corrected chi connectivity index (χ3v) is 12.7. The van der Waals surface area contributed by atoms with E-state index in [9.17, 15) is 0 Å². The molecule has 0 unspecified atom stereocenters. The van der Waals surface area contributed by atoms with Crippen LogP contribution in [0.4, 0.5) is 11.4 Å². The molecule has 5 nitrogen and oxygen atoms in total. The Morgan fingerprint density at radius 2 is 0.954 bits per heavy atom. The summed E-state index contributed by atoms with van der Waals surface area (Å²) in [4.78, 5) is 10.1. The molecule has 0 aliphatic carbocycles. The zero-order valence-electron chi connectivity index (χ0n) is 40.4.